The fourth-order valence-electron chi connectivity index (χ4n) is 1.73. The molecule has 3 N–H and O–H groups in total. The Hall–Kier alpha value is -2.05. The molecule has 0 aliphatic rings. The number of aromatic carboxylic acids is 1. The van der Waals surface area contributed by atoms with Crippen LogP contribution < -0.4 is 5.32 Å². The summed E-state index contributed by atoms with van der Waals surface area (Å²) in [6, 6.07) is 8.72. The maximum absolute atomic E-state index is 12.1. The molecule has 2 aromatic carbocycles. The van der Waals surface area contributed by atoms with Crippen LogP contribution in [0.4, 0.5) is 5.69 Å². The number of phenols is 1. The molecule has 0 bridgehead atoms. The highest BCUT2D eigenvalue weighted by Crippen LogP contribution is 2.27. The van der Waals surface area contributed by atoms with Crippen LogP contribution in [0, 0.1) is 0 Å². The van der Waals surface area contributed by atoms with E-state index in [2.05, 4.69) is 21.2 Å². The van der Waals surface area contributed by atoms with Gasteiger partial charge in [0.15, 0.2) is 0 Å². The molecule has 0 aliphatic heterocycles. The van der Waals surface area contributed by atoms with Gasteiger partial charge in [-0.3, -0.25) is 4.79 Å². The first kappa shape index (κ1) is 15.3. The number of carboxylic acid groups (broad SMARTS) is 1. The number of rotatable bonds is 3. The van der Waals surface area contributed by atoms with Crippen molar-refractivity contribution in [2.24, 2.45) is 0 Å². The minimum absolute atomic E-state index is 0.0142. The van der Waals surface area contributed by atoms with Crippen molar-refractivity contribution in [2.45, 2.75) is 0 Å². The monoisotopic (exact) mass is 369 g/mol. The summed E-state index contributed by atoms with van der Waals surface area (Å²) in [7, 11) is 0. The number of carbonyl (C=O) groups is 2. The first-order chi connectivity index (χ1) is 9.90. The van der Waals surface area contributed by atoms with E-state index < -0.39 is 11.9 Å². The number of amides is 1. The van der Waals surface area contributed by atoms with E-state index in [9.17, 15) is 14.7 Å². The van der Waals surface area contributed by atoms with Crippen molar-refractivity contribution in [1.29, 1.82) is 0 Å². The highest BCUT2D eigenvalue weighted by molar-refractivity contribution is 9.10. The molecule has 0 atom stereocenters. The largest absolute Gasteiger partial charge is 0.507 e. The van der Waals surface area contributed by atoms with E-state index in [0.717, 1.165) is 0 Å². The number of hydrogen-bond acceptors (Lipinski definition) is 3. The molecule has 21 heavy (non-hydrogen) atoms. The van der Waals surface area contributed by atoms with E-state index >= 15 is 0 Å². The Kier molecular flexibility index (Phi) is 4.50. The molecule has 1 amide bonds. The van der Waals surface area contributed by atoms with Crippen molar-refractivity contribution in [3.63, 3.8) is 0 Å². The van der Waals surface area contributed by atoms with Gasteiger partial charge in [-0.15, -0.1) is 0 Å². The summed E-state index contributed by atoms with van der Waals surface area (Å²) < 4.78 is 0.616. The van der Waals surface area contributed by atoms with Crippen LogP contribution in [0.5, 0.6) is 5.75 Å². The first-order valence-electron chi connectivity index (χ1n) is 5.72. The second-order valence-electron chi connectivity index (χ2n) is 4.08. The standard InChI is InChI=1S/C14H9BrClNO4/c15-7-4-5-8(11(18)6-7)13(19)17-10-3-1-2-9(16)12(10)14(20)21/h1-6,18H,(H,17,19)(H,20,21). The predicted molar refractivity (Wildman–Crippen MR) is 82.2 cm³/mol. The van der Waals surface area contributed by atoms with Crippen LogP contribution in [0.2, 0.25) is 5.02 Å². The lowest BCUT2D eigenvalue weighted by molar-refractivity contribution is 0.0698. The van der Waals surface area contributed by atoms with Crippen LogP contribution in [0.15, 0.2) is 40.9 Å². The van der Waals surface area contributed by atoms with Crippen LogP contribution in [-0.4, -0.2) is 22.1 Å². The number of benzene rings is 2. The SMILES string of the molecule is O=C(Nc1cccc(Cl)c1C(=O)O)c1ccc(Br)cc1O. The Bertz CT molecular complexity index is 733. The van der Waals surface area contributed by atoms with E-state index in [0.29, 0.717) is 4.47 Å². The molecule has 108 valence electrons. The van der Waals surface area contributed by atoms with Gasteiger partial charge in [0.25, 0.3) is 5.91 Å². The van der Waals surface area contributed by atoms with Crippen molar-refractivity contribution in [1.82, 2.24) is 0 Å². The fraction of sp³-hybridized carbons (Fsp3) is 0. The molecule has 0 spiro atoms. The lowest BCUT2D eigenvalue weighted by atomic mass is 10.1. The third-order valence-corrected chi connectivity index (χ3v) is 3.49. The Morgan fingerprint density at radius 2 is 1.90 bits per heavy atom. The molecule has 2 aromatic rings. The molecule has 0 aliphatic carbocycles. The van der Waals surface area contributed by atoms with Gasteiger partial charge in [0.1, 0.15) is 11.3 Å². The molecule has 0 aromatic heterocycles. The number of carboxylic acids is 1. The number of aromatic hydroxyl groups is 1. The van der Waals surface area contributed by atoms with E-state index in [1.165, 1.54) is 30.3 Å². The van der Waals surface area contributed by atoms with Gasteiger partial charge in [-0.25, -0.2) is 4.79 Å². The number of phenolic OH excluding ortho intramolecular Hbond substituents is 1. The van der Waals surface area contributed by atoms with Crippen LogP contribution in [0.1, 0.15) is 20.7 Å². The van der Waals surface area contributed by atoms with Gasteiger partial charge in [0, 0.05) is 4.47 Å². The smallest absolute Gasteiger partial charge is 0.339 e. The molecular formula is C14H9BrClNO4. The Morgan fingerprint density at radius 1 is 1.19 bits per heavy atom. The van der Waals surface area contributed by atoms with Gasteiger partial charge in [0.05, 0.1) is 16.3 Å². The third kappa shape index (κ3) is 3.34. The van der Waals surface area contributed by atoms with E-state index in [1.54, 1.807) is 6.07 Å². The fourth-order valence-corrected chi connectivity index (χ4v) is 2.34. The summed E-state index contributed by atoms with van der Waals surface area (Å²) in [5, 5.41) is 21.3. The lowest BCUT2D eigenvalue weighted by Gasteiger charge is -2.10. The summed E-state index contributed by atoms with van der Waals surface area (Å²) in [6.07, 6.45) is 0. The number of anilines is 1. The van der Waals surface area contributed by atoms with Gasteiger partial charge >= 0.3 is 5.97 Å². The third-order valence-electron chi connectivity index (χ3n) is 2.68. The van der Waals surface area contributed by atoms with Crippen LogP contribution in [0.25, 0.3) is 0 Å². The summed E-state index contributed by atoms with van der Waals surface area (Å²) in [5.41, 5.74) is -0.124. The maximum atomic E-state index is 12.1. The summed E-state index contributed by atoms with van der Waals surface area (Å²) in [4.78, 5) is 23.3. The lowest BCUT2D eigenvalue weighted by Crippen LogP contribution is -2.15. The molecular weight excluding hydrogens is 362 g/mol. The molecule has 2 rings (SSSR count). The molecule has 5 nitrogen and oxygen atoms in total. The van der Waals surface area contributed by atoms with Gasteiger partial charge in [-0.2, -0.15) is 0 Å². The first-order valence-corrected chi connectivity index (χ1v) is 6.89. The van der Waals surface area contributed by atoms with Gasteiger partial charge in [-0.1, -0.05) is 33.6 Å². The normalized spacial score (nSPS) is 10.2. The van der Waals surface area contributed by atoms with Crippen LogP contribution >= 0.6 is 27.5 Å². The Morgan fingerprint density at radius 3 is 2.52 bits per heavy atom. The highest BCUT2D eigenvalue weighted by Gasteiger charge is 2.18. The van der Waals surface area contributed by atoms with Crippen molar-refractivity contribution in [2.75, 3.05) is 5.32 Å². The number of nitrogens with one attached hydrogen (secondary N) is 1. The average Bonchev–Trinajstić information content (AvgIpc) is 2.37. The summed E-state index contributed by atoms with van der Waals surface area (Å²) in [6.45, 7) is 0. The average molecular weight is 371 g/mol. The molecule has 7 heteroatoms. The van der Waals surface area contributed by atoms with Crippen molar-refractivity contribution < 1.29 is 19.8 Å². The second-order valence-corrected chi connectivity index (χ2v) is 5.41. The van der Waals surface area contributed by atoms with Crippen LogP contribution in [0.3, 0.4) is 0 Å². The van der Waals surface area contributed by atoms with Crippen LogP contribution in [-0.2, 0) is 0 Å². The molecule has 0 fully saturated rings. The summed E-state index contributed by atoms with van der Waals surface area (Å²) in [5.74, 6) is -2.11. The zero-order valence-corrected chi connectivity index (χ0v) is 12.8. The zero-order chi connectivity index (χ0) is 15.6. The predicted octanol–water partition coefficient (Wildman–Crippen LogP) is 3.76. The molecule has 0 saturated heterocycles. The molecule has 0 unspecified atom stereocenters. The van der Waals surface area contributed by atoms with Gasteiger partial charge in [0.2, 0.25) is 0 Å². The topological polar surface area (TPSA) is 86.6 Å². The Balaban J connectivity index is 2.36. The maximum Gasteiger partial charge on any atom is 0.339 e. The summed E-state index contributed by atoms with van der Waals surface area (Å²) >= 11 is 8.98. The second kappa shape index (κ2) is 6.15. The van der Waals surface area contributed by atoms with Crippen molar-refractivity contribution in [3.8, 4) is 5.75 Å². The molecule has 0 heterocycles. The van der Waals surface area contributed by atoms with Gasteiger partial charge in [-0.05, 0) is 30.3 Å². The molecule has 0 radical (unpaired) electrons. The minimum Gasteiger partial charge on any atom is -0.507 e. The number of carbonyl (C=O) groups excluding carboxylic acids is 1. The van der Waals surface area contributed by atoms with Crippen molar-refractivity contribution in [3.05, 3.63) is 57.0 Å². The van der Waals surface area contributed by atoms with Crippen molar-refractivity contribution >= 4 is 45.1 Å². The number of halogens is 2. The van der Waals surface area contributed by atoms with E-state index in [4.69, 9.17) is 16.7 Å². The molecule has 0 saturated carbocycles. The minimum atomic E-state index is -1.25. The zero-order valence-electron chi connectivity index (χ0n) is 10.4. The quantitative estimate of drug-likeness (QED) is 0.768. The number of hydrogen-bond donors (Lipinski definition) is 3. The van der Waals surface area contributed by atoms with E-state index in [1.807, 2.05) is 0 Å². The van der Waals surface area contributed by atoms with Gasteiger partial charge < -0.3 is 15.5 Å². The Labute approximate surface area is 133 Å². The van der Waals surface area contributed by atoms with E-state index in [-0.39, 0.29) is 27.6 Å². The highest BCUT2D eigenvalue weighted by atomic mass is 79.9.